The van der Waals surface area contributed by atoms with Crippen LogP contribution in [0.2, 0.25) is 0 Å². The Morgan fingerprint density at radius 3 is 2.57 bits per heavy atom. The van der Waals surface area contributed by atoms with Crippen molar-refractivity contribution in [2.24, 2.45) is 0 Å². The van der Waals surface area contributed by atoms with Crippen molar-refractivity contribution in [2.45, 2.75) is 82.4 Å². The smallest absolute Gasteiger partial charge is 0.303 e. The maximum Gasteiger partial charge on any atom is 0.303 e. The fourth-order valence-electron chi connectivity index (χ4n) is 2.87. The molecular formula is C22H34O6. The van der Waals surface area contributed by atoms with Crippen LogP contribution < -0.4 is 0 Å². The Kier molecular flexibility index (Phi) is 12.4. The van der Waals surface area contributed by atoms with Gasteiger partial charge in [0, 0.05) is 12.8 Å². The highest BCUT2D eigenvalue weighted by Gasteiger charge is 2.36. The number of carboxylic acids is 1. The van der Waals surface area contributed by atoms with Crippen LogP contribution in [0.3, 0.4) is 0 Å². The highest BCUT2D eigenvalue weighted by atomic mass is 16.5. The number of aliphatic hydroxyl groups excluding tert-OH is 3. The largest absolute Gasteiger partial charge is 0.481 e. The van der Waals surface area contributed by atoms with Crippen LogP contribution >= 0.6 is 0 Å². The molecule has 0 aromatic heterocycles. The molecule has 6 nitrogen and oxygen atoms in total. The molecule has 5 atom stereocenters. The minimum atomic E-state index is -0.901. The molecule has 1 heterocycles. The van der Waals surface area contributed by atoms with E-state index in [1.165, 1.54) is 6.08 Å². The Morgan fingerprint density at radius 2 is 1.86 bits per heavy atom. The lowest BCUT2D eigenvalue weighted by atomic mass is 10.0. The molecule has 0 aliphatic carbocycles. The zero-order valence-corrected chi connectivity index (χ0v) is 16.6. The average molecular weight is 395 g/mol. The summed E-state index contributed by atoms with van der Waals surface area (Å²) < 4.78 is 5.71. The van der Waals surface area contributed by atoms with Crippen LogP contribution in [0.4, 0.5) is 0 Å². The highest BCUT2D eigenvalue weighted by molar-refractivity contribution is 5.66. The van der Waals surface area contributed by atoms with Crippen molar-refractivity contribution in [1.82, 2.24) is 0 Å². The first kappa shape index (κ1) is 24.3. The van der Waals surface area contributed by atoms with Crippen molar-refractivity contribution in [3.05, 3.63) is 48.6 Å². The topological polar surface area (TPSA) is 107 Å². The third-order valence-electron chi connectivity index (χ3n) is 4.44. The standard InChI is InChI=1S/C22H34O6/c1-2-3-4-5-6-8-11-17(23)14-15-18(24)21-16-19(25)20(28-21)12-9-7-10-13-22(26)27/h3-4,6-9,14-15,17-21,23-25H,2,5,10-13,16H2,1H3,(H,26,27)/b4-3-,8-6-,9-7-,15-14+/t17-,18+,19-,20+,21+/m1/s1. The second-order valence-corrected chi connectivity index (χ2v) is 6.92. The number of aliphatic carboxylic acids is 1. The summed E-state index contributed by atoms with van der Waals surface area (Å²) >= 11 is 0. The number of allylic oxidation sites excluding steroid dienone is 4. The molecule has 0 amide bonds. The van der Waals surface area contributed by atoms with Gasteiger partial charge in [0.15, 0.2) is 0 Å². The van der Waals surface area contributed by atoms with Crippen LogP contribution in [-0.2, 0) is 9.53 Å². The zero-order valence-electron chi connectivity index (χ0n) is 16.6. The van der Waals surface area contributed by atoms with E-state index in [1.54, 1.807) is 18.2 Å². The van der Waals surface area contributed by atoms with E-state index in [0.29, 0.717) is 25.7 Å². The zero-order chi connectivity index (χ0) is 20.8. The van der Waals surface area contributed by atoms with Crippen molar-refractivity contribution in [3.63, 3.8) is 0 Å². The predicted octanol–water partition coefficient (Wildman–Crippen LogP) is 2.90. The van der Waals surface area contributed by atoms with Crippen molar-refractivity contribution < 1.29 is 30.0 Å². The van der Waals surface area contributed by atoms with Crippen LogP contribution in [0.5, 0.6) is 0 Å². The predicted molar refractivity (Wildman–Crippen MR) is 109 cm³/mol. The van der Waals surface area contributed by atoms with Gasteiger partial charge in [0.2, 0.25) is 0 Å². The number of aliphatic hydroxyl groups is 3. The van der Waals surface area contributed by atoms with Gasteiger partial charge >= 0.3 is 5.97 Å². The maximum absolute atomic E-state index is 10.5. The van der Waals surface area contributed by atoms with E-state index in [-0.39, 0.29) is 6.42 Å². The van der Waals surface area contributed by atoms with Gasteiger partial charge in [0.05, 0.1) is 30.5 Å². The van der Waals surface area contributed by atoms with Crippen molar-refractivity contribution in [2.75, 3.05) is 0 Å². The van der Waals surface area contributed by atoms with Crippen LogP contribution in [0.1, 0.15) is 51.9 Å². The number of carboxylic acid groups (broad SMARTS) is 1. The van der Waals surface area contributed by atoms with Crippen molar-refractivity contribution in [3.8, 4) is 0 Å². The first-order chi connectivity index (χ1) is 13.4. The fraction of sp³-hybridized carbons (Fsp3) is 0.591. The monoisotopic (exact) mass is 394 g/mol. The van der Waals surface area contributed by atoms with Gasteiger partial charge in [-0.3, -0.25) is 4.79 Å². The summed E-state index contributed by atoms with van der Waals surface area (Å²) in [6, 6.07) is 0. The van der Waals surface area contributed by atoms with Crippen LogP contribution in [0, 0.1) is 0 Å². The molecule has 1 fully saturated rings. The summed E-state index contributed by atoms with van der Waals surface area (Å²) in [5.74, 6) is -0.845. The maximum atomic E-state index is 10.5. The molecule has 1 aliphatic rings. The summed E-state index contributed by atoms with van der Waals surface area (Å²) in [7, 11) is 0. The quantitative estimate of drug-likeness (QED) is 0.358. The number of ether oxygens (including phenoxy) is 1. The minimum absolute atomic E-state index is 0.0731. The number of rotatable bonds is 13. The average Bonchev–Trinajstić information content (AvgIpc) is 3.03. The molecule has 0 radical (unpaired) electrons. The van der Waals surface area contributed by atoms with Crippen LogP contribution in [0.15, 0.2) is 48.6 Å². The molecule has 0 spiro atoms. The molecule has 0 unspecified atom stereocenters. The van der Waals surface area contributed by atoms with Crippen LogP contribution in [0.25, 0.3) is 0 Å². The summed E-state index contributed by atoms with van der Waals surface area (Å²) in [5.41, 5.74) is 0. The van der Waals surface area contributed by atoms with Crippen LogP contribution in [-0.4, -0.2) is 56.9 Å². The lowest BCUT2D eigenvalue weighted by molar-refractivity contribution is -0.136. The first-order valence-corrected chi connectivity index (χ1v) is 9.98. The molecule has 6 heteroatoms. The van der Waals surface area contributed by atoms with Gasteiger partial charge in [-0.25, -0.2) is 0 Å². The molecule has 0 aromatic rings. The van der Waals surface area contributed by atoms with E-state index in [1.807, 2.05) is 12.2 Å². The normalized spacial score (nSPS) is 25.5. The second kappa shape index (κ2) is 14.3. The Labute approximate surface area is 167 Å². The SMILES string of the molecule is CC/C=C\C/C=C\C[C@@H](O)/C=C/[C@H](O)[C@@H]1C[C@@H](O)[C@H](C/C=C\CCC(=O)O)O1. The van der Waals surface area contributed by atoms with E-state index in [9.17, 15) is 20.1 Å². The van der Waals surface area contributed by atoms with Gasteiger partial charge in [0.25, 0.3) is 0 Å². The molecule has 0 saturated carbocycles. The molecule has 1 aliphatic heterocycles. The van der Waals surface area contributed by atoms with Crippen molar-refractivity contribution >= 4 is 5.97 Å². The summed E-state index contributed by atoms with van der Waals surface area (Å²) in [6.07, 6.45) is 15.1. The lowest BCUT2D eigenvalue weighted by Crippen LogP contribution is -2.24. The van der Waals surface area contributed by atoms with E-state index >= 15 is 0 Å². The Bertz CT molecular complexity index is 551. The van der Waals surface area contributed by atoms with Gasteiger partial charge in [0.1, 0.15) is 0 Å². The molecular weight excluding hydrogens is 360 g/mol. The Balaban J connectivity index is 2.33. The van der Waals surface area contributed by atoms with E-state index in [0.717, 1.165) is 12.8 Å². The molecule has 158 valence electrons. The summed E-state index contributed by atoms with van der Waals surface area (Å²) in [4.78, 5) is 10.5. The minimum Gasteiger partial charge on any atom is -0.481 e. The van der Waals surface area contributed by atoms with Gasteiger partial charge in [-0.2, -0.15) is 0 Å². The molecule has 1 saturated heterocycles. The first-order valence-electron chi connectivity index (χ1n) is 9.98. The number of hydrogen-bond donors (Lipinski definition) is 4. The highest BCUT2D eigenvalue weighted by Crippen LogP contribution is 2.26. The van der Waals surface area contributed by atoms with Gasteiger partial charge in [-0.1, -0.05) is 55.5 Å². The Hall–Kier alpha value is -1.73. The van der Waals surface area contributed by atoms with Crippen molar-refractivity contribution in [1.29, 1.82) is 0 Å². The molecule has 0 bridgehead atoms. The van der Waals surface area contributed by atoms with Gasteiger partial charge in [-0.15, -0.1) is 0 Å². The fourth-order valence-corrected chi connectivity index (χ4v) is 2.87. The third-order valence-corrected chi connectivity index (χ3v) is 4.44. The number of carbonyl (C=O) groups is 1. The number of hydrogen-bond acceptors (Lipinski definition) is 5. The lowest BCUT2D eigenvalue weighted by Gasteiger charge is -2.16. The van der Waals surface area contributed by atoms with Gasteiger partial charge < -0.3 is 25.2 Å². The summed E-state index contributed by atoms with van der Waals surface area (Å²) in [6.45, 7) is 2.08. The van der Waals surface area contributed by atoms with E-state index in [4.69, 9.17) is 9.84 Å². The third kappa shape index (κ3) is 10.6. The Morgan fingerprint density at radius 1 is 1.11 bits per heavy atom. The molecule has 4 N–H and O–H groups in total. The summed E-state index contributed by atoms with van der Waals surface area (Å²) in [5, 5.41) is 38.8. The van der Waals surface area contributed by atoms with E-state index in [2.05, 4.69) is 19.1 Å². The molecule has 28 heavy (non-hydrogen) atoms. The van der Waals surface area contributed by atoms with Gasteiger partial charge in [-0.05, 0) is 32.1 Å². The molecule has 0 aromatic carbocycles. The second-order valence-electron chi connectivity index (χ2n) is 6.92. The molecule has 1 rings (SSSR count). The van der Waals surface area contributed by atoms with E-state index < -0.39 is 36.5 Å².